The molecule has 3 aromatic rings. The van der Waals surface area contributed by atoms with Gasteiger partial charge in [0.1, 0.15) is 17.5 Å². The number of imidazole rings is 1. The predicted octanol–water partition coefficient (Wildman–Crippen LogP) is 5.82. The van der Waals surface area contributed by atoms with E-state index in [9.17, 15) is 18.0 Å². The van der Waals surface area contributed by atoms with Gasteiger partial charge in [-0.1, -0.05) is 6.07 Å². The largest absolute Gasteiger partial charge is 0.329 e. The lowest BCUT2D eigenvalue weighted by atomic mass is 9.95. The maximum Gasteiger partial charge on any atom is 0.250 e. The molecule has 5 rings (SSSR count). The highest BCUT2D eigenvalue weighted by atomic mass is 19.1. The number of carbonyl (C=O) groups is 1. The van der Waals surface area contributed by atoms with Crippen LogP contribution in [-0.4, -0.2) is 26.4 Å². The van der Waals surface area contributed by atoms with Gasteiger partial charge < -0.3 is 9.47 Å². The summed E-state index contributed by atoms with van der Waals surface area (Å²) >= 11 is 0. The van der Waals surface area contributed by atoms with Gasteiger partial charge in [0, 0.05) is 41.2 Å². The summed E-state index contributed by atoms with van der Waals surface area (Å²) in [5, 5.41) is 0. The number of hydrogen-bond acceptors (Lipinski definition) is 2. The second kappa shape index (κ2) is 8.21. The molecule has 170 valence electrons. The number of piperidine rings is 1. The molecule has 4 nitrogen and oxygen atoms in total. The first-order valence-corrected chi connectivity index (χ1v) is 11.1. The Kier molecular flexibility index (Phi) is 5.35. The number of nitrogens with zero attached hydrogens (tertiary/aromatic N) is 3. The third-order valence-electron chi connectivity index (χ3n) is 6.69. The monoisotopic (exact) mass is 451 g/mol. The SMILES string of the molecule is Cc1cn(-c2ccc(/C=C3\CC[C@H]4CCC(c5c(F)cc(F)cc5F)N4C3=O)cc2C)cn1. The van der Waals surface area contributed by atoms with Crippen molar-refractivity contribution in [3.8, 4) is 5.69 Å². The average molecular weight is 451 g/mol. The zero-order valence-electron chi connectivity index (χ0n) is 18.5. The number of fused-ring (bicyclic) bond motifs is 1. The Morgan fingerprint density at radius 3 is 2.45 bits per heavy atom. The van der Waals surface area contributed by atoms with Gasteiger partial charge in [0.05, 0.1) is 18.1 Å². The van der Waals surface area contributed by atoms with Crippen LogP contribution >= 0.6 is 0 Å². The molecule has 0 saturated carbocycles. The van der Waals surface area contributed by atoms with Crippen molar-refractivity contribution < 1.29 is 18.0 Å². The van der Waals surface area contributed by atoms with Crippen LogP contribution in [-0.2, 0) is 4.79 Å². The molecule has 0 aliphatic carbocycles. The average Bonchev–Trinajstić information content (AvgIpc) is 3.36. The number of halogens is 3. The van der Waals surface area contributed by atoms with Gasteiger partial charge in [0.2, 0.25) is 0 Å². The minimum Gasteiger partial charge on any atom is -0.329 e. The van der Waals surface area contributed by atoms with Gasteiger partial charge in [0.25, 0.3) is 5.91 Å². The zero-order chi connectivity index (χ0) is 23.3. The maximum atomic E-state index is 14.5. The summed E-state index contributed by atoms with van der Waals surface area (Å²) in [7, 11) is 0. The lowest BCUT2D eigenvalue weighted by Crippen LogP contribution is -2.42. The van der Waals surface area contributed by atoms with Gasteiger partial charge in [0.15, 0.2) is 0 Å². The summed E-state index contributed by atoms with van der Waals surface area (Å²) in [4.78, 5) is 19.3. The molecule has 2 aliphatic rings. The first kappa shape index (κ1) is 21.5. The van der Waals surface area contributed by atoms with Crippen LogP contribution in [0.5, 0.6) is 0 Å². The number of aryl methyl sites for hydroxylation is 2. The van der Waals surface area contributed by atoms with Crippen LogP contribution < -0.4 is 0 Å². The second-order valence-corrected chi connectivity index (χ2v) is 8.92. The lowest BCUT2D eigenvalue weighted by Gasteiger charge is -2.35. The molecule has 1 amide bonds. The van der Waals surface area contributed by atoms with Crippen molar-refractivity contribution in [2.45, 2.75) is 51.6 Å². The van der Waals surface area contributed by atoms with Crippen LogP contribution in [0.3, 0.4) is 0 Å². The van der Waals surface area contributed by atoms with Crippen molar-refractivity contribution >= 4 is 12.0 Å². The maximum absolute atomic E-state index is 14.5. The Bertz CT molecular complexity index is 1260. The lowest BCUT2D eigenvalue weighted by molar-refractivity contribution is -0.132. The molecule has 2 aliphatic heterocycles. The van der Waals surface area contributed by atoms with Crippen molar-refractivity contribution in [1.29, 1.82) is 0 Å². The van der Waals surface area contributed by atoms with Gasteiger partial charge in [-0.25, -0.2) is 18.2 Å². The quantitative estimate of drug-likeness (QED) is 0.471. The highest BCUT2D eigenvalue weighted by molar-refractivity contribution is 5.99. The van der Waals surface area contributed by atoms with Crippen LogP contribution in [0.2, 0.25) is 0 Å². The fraction of sp³-hybridized carbons (Fsp3) is 0.308. The van der Waals surface area contributed by atoms with Crippen molar-refractivity contribution in [3.05, 3.63) is 88.3 Å². The Morgan fingerprint density at radius 1 is 1.03 bits per heavy atom. The third-order valence-corrected chi connectivity index (χ3v) is 6.69. The summed E-state index contributed by atoms with van der Waals surface area (Å²) < 4.78 is 44.3. The molecule has 2 fully saturated rings. The molecule has 2 aromatic carbocycles. The number of hydrogen-bond donors (Lipinski definition) is 0. The number of rotatable bonds is 3. The van der Waals surface area contributed by atoms with Crippen LogP contribution in [0.25, 0.3) is 11.8 Å². The van der Waals surface area contributed by atoms with E-state index in [4.69, 9.17) is 0 Å². The molecule has 0 N–H and O–H groups in total. The van der Waals surface area contributed by atoms with E-state index in [1.807, 2.05) is 48.9 Å². The Morgan fingerprint density at radius 2 is 1.79 bits per heavy atom. The summed E-state index contributed by atoms with van der Waals surface area (Å²) in [6.07, 6.45) is 8.07. The van der Waals surface area contributed by atoms with E-state index in [0.29, 0.717) is 37.0 Å². The highest BCUT2D eigenvalue weighted by Gasteiger charge is 2.43. The zero-order valence-corrected chi connectivity index (χ0v) is 18.5. The molecule has 0 radical (unpaired) electrons. The van der Waals surface area contributed by atoms with E-state index in [1.54, 1.807) is 11.2 Å². The van der Waals surface area contributed by atoms with Crippen molar-refractivity contribution in [3.63, 3.8) is 0 Å². The highest BCUT2D eigenvalue weighted by Crippen LogP contribution is 2.44. The van der Waals surface area contributed by atoms with Gasteiger partial charge >= 0.3 is 0 Å². The van der Waals surface area contributed by atoms with Gasteiger partial charge in [-0.05, 0) is 68.9 Å². The standard InChI is InChI=1S/C26H24F3N3O/c1-15-9-17(3-7-23(15)31-13-16(2)30-14-31)10-18-4-5-20-6-8-24(32(20)26(18)33)25-21(28)11-19(27)12-22(25)29/h3,7,9-14,20,24H,4-6,8H2,1-2H3/b18-10+/t20-,24?/m0/s1. The van der Waals surface area contributed by atoms with E-state index in [-0.39, 0.29) is 17.5 Å². The fourth-order valence-electron chi connectivity index (χ4n) is 5.17. The van der Waals surface area contributed by atoms with Crippen molar-refractivity contribution in [2.75, 3.05) is 0 Å². The molecule has 1 unspecified atom stereocenters. The smallest absolute Gasteiger partial charge is 0.250 e. The minimum atomic E-state index is -0.960. The Hall–Kier alpha value is -3.35. The molecule has 3 heterocycles. The van der Waals surface area contributed by atoms with E-state index in [2.05, 4.69) is 4.98 Å². The van der Waals surface area contributed by atoms with Gasteiger partial charge in [-0.3, -0.25) is 4.79 Å². The fourth-order valence-corrected chi connectivity index (χ4v) is 5.17. The summed E-state index contributed by atoms with van der Waals surface area (Å²) in [5.74, 6) is -3.05. The van der Waals surface area contributed by atoms with Crippen molar-refractivity contribution in [2.24, 2.45) is 0 Å². The van der Waals surface area contributed by atoms with Crippen LogP contribution in [0, 0.1) is 31.3 Å². The molecule has 0 spiro atoms. The van der Waals surface area contributed by atoms with Gasteiger partial charge in [-0.15, -0.1) is 0 Å². The first-order valence-electron chi connectivity index (χ1n) is 11.1. The molecule has 2 atom stereocenters. The predicted molar refractivity (Wildman–Crippen MR) is 119 cm³/mol. The molecule has 7 heteroatoms. The number of benzene rings is 2. The summed E-state index contributed by atoms with van der Waals surface area (Å²) in [6, 6.07) is 6.53. The first-order chi connectivity index (χ1) is 15.8. The normalized spacial score (nSPS) is 21.7. The second-order valence-electron chi connectivity index (χ2n) is 8.92. The summed E-state index contributed by atoms with van der Waals surface area (Å²) in [5.41, 5.74) is 4.27. The van der Waals surface area contributed by atoms with Crippen LogP contribution in [0.4, 0.5) is 13.2 Å². The molecular formula is C26H24F3N3O. The minimum absolute atomic E-state index is 0.0582. The number of carbonyl (C=O) groups excluding carboxylic acids is 1. The summed E-state index contributed by atoms with van der Waals surface area (Å²) in [6.45, 7) is 3.93. The van der Waals surface area contributed by atoms with E-state index >= 15 is 0 Å². The van der Waals surface area contributed by atoms with Crippen LogP contribution in [0.1, 0.15) is 54.1 Å². The third kappa shape index (κ3) is 3.86. The molecule has 0 bridgehead atoms. The topological polar surface area (TPSA) is 38.1 Å². The van der Waals surface area contributed by atoms with E-state index < -0.39 is 23.5 Å². The van der Waals surface area contributed by atoms with Gasteiger partial charge in [-0.2, -0.15) is 0 Å². The Labute approximate surface area is 190 Å². The van der Waals surface area contributed by atoms with E-state index in [1.165, 1.54) is 0 Å². The number of aromatic nitrogens is 2. The van der Waals surface area contributed by atoms with Crippen LogP contribution in [0.15, 0.2) is 48.4 Å². The molecule has 1 aromatic heterocycles. The molecule has 33 heavy (non-hydrogen) atoms. The Balaban J connectivity index is 1.44. The van der Waals surface area contributed by atoms with E-state index in [0.717, 1.165) is 28.9 Å². The molecular weight excluding hydrogens is 427 g/mol. The number of amides is 1. The molecule has 2 saturated heterocycles. The van der Waals surface area contributed by atoms with Crippen molar-refractivity contribution in [1.82, 2.24) is 14.5 Å².